The van der Waals surface area contributed by atoms with E-state index in [4.69, 9.17) is 4.42 Å². The summed E-state index contributed by atoms with van der Waals surface area (Å²) in [4.78, 5) is 23.4. The maximum absolute atomic E-state index is 12.9. The van der Waals surface area contributed by atoms with Crippen molar-refractivity contribution in [3.8, 4) is 0 Å². The van der Waals surface area contributed by atoms with Crippen LogP contribution in [0.5, 0.6) is 0 Å². The van der Waals surface area contributed by atoms with Crippen LogP contribution in [0.2, 0.25) is 0 Å². The van der Waals surface area contributed by atoms with Crippen molar-refractivity contribution in [2.24, 2.45) is 5.92 Å². The van der Waals surface area contributed by atoms with Crippen molar-refractivity contribution < 1.29 is 22.4 Å². The number of carbonyl (C=O) groups is 1. The Hall–Kier alpha value is -3.10. The van der Waals surface area contributed by atoms with Crippen molar-refractivity contribution in [3.05, 3.63) is 47.5 Å². The van der Waals surface area contributed by atoms with Gasteiger partial charge in [-0.25, -0.2) is 9.97 Å². The molecule has 0 unspecified atom stereocenters. The first-order valence-corrected chi connectivity index (χ1v) is 9.68. The quantitative estimate of drug-likeness (QED) is 0.667. The Morgan fingerprint density at radius 3 is 2.83 bits per heavy atom. The molecule has 1 aromatic carbocycles. The second kappa shape index (κ2) is 7.62. The van der Waals surface area contributed by atoms with Gasteiger partial charge in [0.1, 0.15) is 17.9 Å². The number of nitrogens with zero attached hydrogens (tertiary/aromatic N) is 3. The molecule has 1 amide bonds. The van der Waals surface area contributed by atoms with Crippen LogP contribution in [0.25, 0.3) is 11.1 Å². The van der Waals surface area contributed by atoms with Crippen LogP contribution in [0.4, 0.5) is 24.7 Å². The summed E-state index contributed by atoms with van der Waals surface area (Å²) < 4.78 is 44.4. The normalized spacial score (nSPS) is 17.4. The van der Waals surface area contributed by atoms with Crippen molar-refractivity contribution in [1.29, 1.82) is 0 Å². The zero-order chi connectivity index (χ0) is 21.5. The van der Waals surface area contributed by atoms with Gasteiger partial charge in [-0.2, -0.15) is 13.2 Å². The predicted octanol–water partition coefficient (Wildman–Crippen LogP) is 4.71. The van der Waals surface area contributed by atoms with E-state index in [1.807, 2.05) is 18.7 Å². The lowest BCUT2D eigenvalue weighted by atomic mass is 9.96. The average molecular weight is 418 g/mol. The van der Waals surface area contributed by atoms with Gasteiger partial charge in [-0.05, 0) is 44.9 Å². The van der Waals surface area contributed by atoms with Gasteiger partial charge in [0.25, 0.3) is 0 Å². The van der Waals surface area contributed by atoms with Crippen LogP contribution in [0, 0.1) is 19.8 Å². The number of furan rings is 1. The highest BCUT2D eigenvalue weighted by molar-refractivity contribution is 5.94. The van der Waals surface area contributed by atoms with Gasteiger partial charge in [0.05, 0.1) is 16.9 Å². The smallest absolute Gasteiger partial charge is 0.416 e. The van der Waals surface area contributed by atoms with Crippen molar-refractivity contribution >= 4 is 28.5 Å². The number of aryl methyl sites for hydroxylation is 2. The molecule has 0 spiro atoms. The number of fused-ring (bicyclic) bond motifs is 1. The molecule has 30 heavy (non-hydrogen) atoms. The predicted molar refractivity (Wildman–Crippen MR) is 106 cm³/mol. The van der Waals surface area contributed by atoms with E-state index >= 15 is 0 Å². The van der Waals surface area contributed by atoms with Gasteiger partial charge in [0.2, 0.25) is 11.6 Å². The molecule has 3 heterocycles. The second-order valence-electron chi connectivity index (χ2n) is 7.51. The fourth-order valence-corrected chi connectivity index (χ4v) is 3.80. The average Bonchev–Trinajstić information content (AvgIpc) is 3.01. The van der Waals surface area contributed by atoms with Crippen molar-refractivity contribution in [3.63, 3.8) is 0 Å². The van der Waals surface area contributed by atoms with Crippen LogP contribution in [0.15, 0.2) is 35.0 Å². The Kier molecular flexibility index (Phi) is 5.13. The lowest BCUT2D eigenvalue weighted by Gasteiger charge is -2.33. The number of hydrogen-bond acceptors (Lipinski definition) is 5. The molecule has 4 rings (SSSR count). The number of hydrogen-bond donors (Lipinski definition) is 1. The molecular weight excluding hydrogens is 397 g/mol. The SMILES string of the molecule is Cc1oc2ncnc(N3CCC[C@H](C(=O)Nc4cccc(C(F)(F)F)c4)C3)c2c1C. The molecule has 0 radical (unpaired) electrons. The molecule has 1 aliphatic rings. The maximum atomic E-state index is 12.9. The number of carbonyl (C=O) groups excluding carboxylic acids is 1. The van der Waals surface area contributed by atoms with E-state index in [1.165, 1.54) is 18.5 Å². The minimum Gasteiger partial charge on any atom is -0.443 e. The Morgan fingerprint density at radius 2 is 2.07 bits per heavy atom. The second-order valence-corrected chi connectivity index (χ2v) is 7.51. The lowest BCUT2D eigenvalue weighted by Crippen LogP contribution is -2.41. The van der Waals surface area contributed by atoms with Crippen LogP contribution in [0.3, 0.4) is 0 Å². The minimum atomic E-state index is -4.46. The van der Waals surface area contributed by atoms with E-state index in [0.717, 1.165) is 41.8 Å². The van der Waals surface area contributed by atoms with Crippen LogP contribution < -0.4 is 10.2 Å². The van der Waals surface area contributed by atoms with Gasteiger partial charge in [-0.1, -0.05) is 6.07 Å². The fourth-order valence-electron chi connectivity index (χ4n) is 3.80. The number of nitrogens with one attached hydrogen (secondary N) is 1. The van der Waals surface area contributed by atoms with E-state index in [0.29, 0.717) is 24.5 Å². The van der Waals surface area contributed by atoms with Gasteiger partial charge >= 0.3 is 6.18 Å². The molecule has 0 aliphatic carbocycles. The third kappa shape index (κ3) is 3.83. The first kappa shape index (κ1) is 20.2. The summed E-state index contributed by atoms with van der Waals surface area (Å²) in [6, 6.07) is 4.67. The summed E-state index contributed by atoms with van der Waals surface area (Å²) >= 11 is 0. The molecule has 1 atom stereocenters. The molecule has 0 saturated carbocycles. The number of halogens is 3. The van der Waals surface area contributed by atoms with E-state index in [2.05, 4.69) is 15.3 Å². The number of rotatable bonds is 3. The highest BCUT2D eigenvalue weighted by atomic mass is 19.4. The molecule has 2 aromatic heterocycles. The number of aromatic nitrogens is 2. The van der Waals surface area contributed by atoms with E-state index < -0.39 is 11.7 Å². The first-order chi connectivity index (χ1) is 14.2. The van der Waals surface area contributed by atoms with Gasteiger partial charge in [0, 0.05) is 24.3 Å². The Labute approximate surface area is 171 Å². The number of piperidine rings is 1. The monoisotopic (exact) mass is 418 g/mol. The third-order valence-electron chi connectivity index (χ3n) is 5.49. The van der Waals surface area contributed by atoms with Crippen molar-refractivity contribution in [2.45, 2.75) is 32.9 Å². The van der Waals surface area contributed by atoms with Crippen LogP contribution in [-0.4, -0.2) is 29.0 Å². The zero-order valence-electron chi connectivity index (χ0n) is 16.6. The van der Waals surface area contributed by atoms with Gasteiger partial charge in [-0.3, -0.25) is 4.79 Å². The number of benzene rings is 1. The standard InChI is InChI=1S/C21H21F3N4O2/c1-12-13(2)30-20-17(12)18(25-11-26-20)28-8-4-5-14(10-28)19(29)27-16-7-3-6-15(9-16)21(22,23)24/h3,6-7,9,11,14H,4-5,8,10H2,1-2H3,(H,27,29)/t14-/m0/s1. The molecule has 1 N–H and O–H groups in total. The topological polar surface area (TPSA) is 71.3 Å². The molecule has 0 bridgehead atoms. The van der Waals surface area contributed by atoms with Crippen molar-refractivity contribution in [2.75, 3.05) is 23.3 Å². The van der Waals surface area contributed by atoms with E-state index in [9.17, 15) is 18.0 Å². The van der Waals surface area contributed by atoms with Crippen LogP contribution in [-0.2, 0) is 11.0 Å². The van der Waals surface area contributed by atoms with E-state index in [1.54, 1.807) is 0 Å². The highest BCUT2D eigenvalue weighted by Crippen LogP contribution is 2.33. The molecule has 158 valence electrons. The summed E-state index contributed by atoms with van der Waals surface area (Å²) in [7, 11) is 0. The molecular formula is C21H21F3N4O2. The summed E-state index contributed by atoms with van der Waals surface area (Å²) in [6.45, 7) is 4.95. The first-order valence-electron chi connectivity index (χ1n) is 9.68. The Balaban J connectivity index is 1.53. The van der Waals surface area contributed by atoms with Crippen LogP contribution >= 0.6 is 0 Å². The lowest BCUT2D eigenvalue weighted by molar-refractivity contribution is -0.137. The summed E-state index contributed by atoms with van der Waals surface area (Å²) in [5.74, 6) is 0.810. The maximum Gasteiger partial charge on any atom is 0.416 e. The molecule has 1 saturated heterocycles. The largest absolute Gasteiger partial charge is 0.443 e. The van der Waals surface area contributed by atoms with Gasteiger partial charge in [0.15, 0.2) is 0 Å². The zero-order valence-corrected chi connectivity index (χ0v) is 16.6. The Bertz CT molecular complexity index is 1090. The van der Waals surface area contributed by atoms with E-state index in [-0.39, 0.29) is 17.5 Å². The van der Waals surface area contributed by atoms with Crippen molar-refractivity contribution in [1.82, 2.24) is 9.97 Å². The van der Waals surface area contributed by atoms with Gasteiger partial charge in [-0.15, -0.1) is 0 Å². The third-order valence-corrected chi connectivity index (χ3v) is 5.49. The molecule has 1 fully saturated rings. The fraction of sp³-hybridized carbons (Fsp3) is 0.381. The molecule has 3 aromatic rings. The Morgan fingerprint density at radius 1 is 1.27 bits per heavy atom. The number of alkyl halides is 3. The van der Waals surface area contributed by atoms with Crippen LogP contribution in [0.1, 0.15) is 29.7 Å². The number of amides is 1. The summed E-state index contributed by atoms with van der Waals surface area (Å²) in [5, 5.41) is 3.46. The summed E-state index contributed by atoms with van der Waals surface area (Å²) in [6.07, 6.45) is -1.60. The summed E-state index contributed by atoms with van der Waals surface area (Å²) in [5.41, 5.74) is 0.805. The molecule has 6 nitrogen and oxygen atoms in total. The molecule has 1 aliphatic heterocycles. The number of anilines is 2. The van der Waals surface area contributed by atoms with Gasteiger partial charge < -0.3 is 14.6 Å². The highest BCUT2D eigenvalue weighted by Gasteiger charge is 2.32. The molecule has 9 heteroatoms. The minimum absolute atomic E-state index is 0.137.